The quantitative estimate of drug-likeness (QED) is 0.248. The first-order valence-electron chi connectivity index (χ1n) is 11.0. The van der Waals surface area contributed by atoms with Gasteiger partial charge in [-0.2, -0.15) is 5.26 Å². The van der Waals surface area contributed by atoms with Gasteiger partial charge in [0.2, 0.25) is 5.78 Å². The molecule has 6 heteroatoms. The molecule has 0 fully saturated rings. The van der Waals surface area contributed by atoms with Crippen LogP contribution in [0.4, 0.5) is 0 Å². The van der Waals surface area contributed by atoms with Gasteiger partial charge in [-0.1, -0.05) is 60.2 Å². The fourth-order valence-corrected chi connectivity index (χ4v) is 3.84. The molecular formula is C28H24N2O4. The van der Waals surface area contributed by atoms with E-state index in [4.69, 9.17) is 14.7 Å². The normalized spacial score (nSPS) is 10.6. The van der Waals surface area contributed by atoms with Crippen molar-refractivity contribution in [3.63, 3.8) is 0 Å². The van der Waals surface area contributed by atoms with Crippen molar-refractivity contribution in [3.8, 4) is 11.8 Å². The number of rotatable bonds is 9. The maximum Gasteiger partial charge on any atom is 0.342 e. The zero-order chi connectivity index (χ0) is 23.9. The number of para-hydroxylation sites is 2. The summed E-state index contributed by atoms with van der Waals surface area (Å²) in [6.45, 7) is 2.41. The fourth-order valence-electron chi connectivity index (χ4n) is 3.84. The molecule has 0 amide bonds. The average Bonchev–Trinajstić information content (AvgIpc) is 3.23. The molecule has 0 N–H and O–H groups in total. The molecule has 0 atom stereocenters. The van der Waals surface area contributed by atoms with Crippen LogP contribution in [0.3, 0.4) is 0 Å². The first kappa shape index (κ1) is 22.8. The third kappa shape index (κ3) is 5.16. The molecule has 0 radical (unpaired) electrons. The van der Waals surface area contributed by atoms with Crippen LogP contribution in [0.1, 0.15) is 38.3 Å². The molecule has 1 aromatic heterocycles. The summed E-state index contributed by atoms with van der Waals surface area (Å²) >= 11 is 0. The molecule has 0 bridgehead atoms. The number of ether oxygens (including phenoxy) is 2. The van der Waals surface area contributed by atoms with E-state index in [1.165, 1.54) is 0 Å². The molecule has 34 heavy (non-hydrogen) atoms. The van der Waals surface area contributed by atoms with Crippen molar-refractivity contribution in [1.82, 2.24) is 4.57 Å². The predicted molar refractivity (Wildman–Crippen MR) is 129 cm³/mol. The minimum absolute atomic E-state index is 0.263. The number of aromatic nitrogens is 1. The monoisotopic (exact) mass is 452 g/mol. The predicted octanol–water partition coefficient (Wildman–Crippen LogP) is 5.48. The smallest absolute Gasteiger partial charge is 0.342 e. The third-order valence-corrected chi connectivity index (χ3v) is 5.47. The molecule has 1 heterocycles. The number of carbonyl (C=O) groups excluding carboxylic acids is 2. The Morgan fingerprint density at radius 2 is 1.76 bits per heavy atom. The van der Waals surface area contributed by atoms with E-state index in [9.17, 15) is 9.59 Å². The number of carbonyl (C=O) groups is 2. The molecule has 0 aliphatic carbocycles. The van der Waals surface area contributed by atoms with Crippen LogP contribution in [-0.4, -0.2) is 22.9 Å². The number of benzene rings is 3. The van der Waals surface area contributed by atoms with Crippen LogP contribution in [-0.2, 0) is 17.9 Å². The molecule has 170 valence electrons. The minimum Gasteiger partial charge on any atom is -0.488 e. The van der Waals surface area contributed by atoms with Crippen LogP contribution >= 0.6 is 0 Å². The summed E-state index contributed by atoms with van der Waals surface area (Å²) in [4.78, 5) is 25.7. The van der Waals surface area contributed by atoms with Gasteiger partial charge in [-0.05, 0) is 30.7 Å². The van der Waals surface area contributed by atoms with Gasteiger partial charge in [-0.25, -0.2) is 4.79 Å². The summed E-state index contributed by atoms with van der Waals surface area (Å²) < 4.78 is 13.1. The first-order valence-corrected chi connectivity index (χ1v) is 11.0. The molecule has 0 aliphatic rings. The summed E-state index contributed by atoms with van der Waals surface area (Å²) in [5, 5.41) is 9.68. The number of nitriles is 1. The molecular weight excluding hydrogens is 428 g/mol. The highest BCUT2D eigenvalue weighted by Crippen LogP contribution is 2.24. The Kier molecular flexibility index (Phi) is 7.04. The zero-order valence-electron chi connectivity index (χ0n) is 18.9. The van der Waals surface area contributed by atoms with E-state index in [1.807, 2.05) is 60.0 Å². The van der Waals surface area contributed by atoms with E-state index < -0.39 is 12.6 Å². The van der Waals surface area contributed by atoms with Crippen molar-refractivity contribution in [2.75, 3.05) is 6.61 Å². The van der Waals surface area contributed by atoms with Gasteiger partial charge in [0.05, 0.1) is 12.5 Å². The van der Waals surface area contributed by atoms with Gasteiger partial charge in [0, 0.05) is 29.2 Å². The van der Waals surface area contributed by atoms with Gasteiger partial charge in [0.25, 0.3) is 0 Å². The van der Waals surface area contributed by atoms with Gasteiger partial charge in [-0.15, -0.1) is 0 Å². The summed E-state index contributed by atoms with van der Waals surface area (Å²) in [6.07, 6.45) is 2.05. The molecule has 6 nitrogen and oxygen atoms in total. The summed E-state index contributed by atoms with van der Waals surface area (Å²) in [5.74, 6) is -0.533. The second kappa shape index (κ2) is 10.5. The van der Waals surface area contributed by atoms with Crippen LogP contribution < -0.4 is 4.74 Å². The maximum atomic E-state index is 12.9. The Bertz CT molecular complexity index is 1380. The number of fused-ring (bicyclic) bond motifs is 1. The van der Waals surface area contributed by atoms with Crippen molar-refractivity contribution >= 4 is 22.7 Å². The number of ketones is 1. The number of hydrogen-bond acceptors (Lipinski definition) is 5. The van der Waals surface area contributed by atoms with Crippen molar-refractivity contribution in [2.24, 2.45) is 0 Å². The second-order valence-electron chi connectivity index (χ2n) is 7.93. The van der Waals surface area contributed by atoms with Crippen LogP contribution in [0.15, 0.2) is 79.0 Å². The van der Waals surface area contributed by atoms with Gasteiger partial charge >= 0.3 is 5.97 Å². The Balaban J connectivity index is 1.45. The molecule has 0 saturated carbocycles. The molecule has 3 aromatic carbocycles. The number of esters is 1. The van der Waals surface area contributed by atoms with E-state index in [1.54, 1.807) is 30.5 Å². The van der Waals surface area contributed by atoms with Crippen molar-refractivity contribution in [3.05, 3.63) is 101 Å². The van der Waals surface area contributed by atoms with E-state index in [0.717, 1.165) is 22.0 Å². The third-order valence-electron chi connectivity index (χ3n) is 5.47. The lowest BCUT2D eigenvalue weighted by Gasteiger charge is -2.11. The molecule has 0 spiro atoms. The van der Waals surface area contributed by atoms with Gasteiger partial charge in [0.1, 0.15) is 17.9 Å². The summed E-state index contributed by atoms with van der Waals surface area (Å²) in [6, 6.07) is 24.4. The van der Waals surface area contributed by atoms with E-state index >= 15 is 0 Å². The second-order valence-corrected chi connectivity index (χ2v) is 7.93. The summed E-state index contributed by atoms with van der Waals surface area (Å²) in [7, 11) is 0. The van der Waals surface area contributed by atoms with Crippen molar-refractivity contribution in [2.45, 2.75) is 26.5 Å². The highest BCUT2D eigenvalue weighted by atomic mass is 16.5. The van der Waals surface area contributed by atoms with Crippen molar-refractivity contribution in [1.29, 1.82) is 5.26 Å². The lowest BCUT2D eigenvalue weighted by atomic mass is 10.1. The van der Waals surface area contributed by atoms with Gasteiger partial charge < -0.3 is 14.0 Å². The number of aryl methyl sites for hydroxylation is 2. The number of nitrogens with zero attached hydrogens (tertiary/aromatic N) is 2. The highest BCUT2D eigenvalue weighted by molar-refractivity contribution is 6.09. The molecule has 4 aromatic rings. The minimum atomic E-state index is -0.624. The van der Waals surface area contributed by atoms with E-state index in [-0.39, 0.29) is 11.3 Å². The lowest BCUT2D eigenvalue weighted by molar-refractivity contribution is 0.0470. The van der Waals surface area contributed by atoms with Gasteiger partial charge in [-0.3, -0.25) is 4.79 Å². The topological polar surface area (TPSA) is 81.3 Å². The first-order chi connectivity index (χ1) is 16.6. The largest absolute Gasteiger partial charge is 0.488 e. The van der Waals surface area contributed by atoms with Crippen LogP contribution in [0.2, 0.25) is 0 Å². The van der Waals surface area contributed by atoms with Crippen LogP contribution in [0, 0.1) is 18.3 Å². The zero-order valence-corrected chi connectivity index (χ0v) is 18.9. The van der Waals surface area contributed by atoms with E-state index in [0.29, 0.717) is 30.9 Å². The summed E-state index contributed by atoms with van der Waals surface area (Å²) in [5.41, 5.74) is 3.71. The number of Topliss-reactive ketones (excluding diaryl/α,β-unsaturated/α-hetero) is 1. The Hall–Kier alpha value is -4.37. The molecule has 0 aliphatic heterocycles. The molecule has 0 unspecified atom stereocenters. The maximum absolute atomic E-state index is 12.9. The SMILES string of the molecule is Cc1cccc(COc2ccccc2C(=O)OCC(=O)c2cn(CCC#N)c3ccccc23)c1. The molecule has 0 saturated heterocycles. The molecule has 4 rings (SSSR count). The highest BCUT2D eigenvalue weighted by Gasteiger charge is 2.19. The van der Waals surface area contributed by atoms with Gasteiger partial charge in [0.15, 0.2) is 6.61 Å². The van der Waals surface area contributed by atoms with E-state index in [2.05, 4.69) is 6.07 Å². The fraction of sp³-hybridized carbons (Fsp3) is 0.179. The average molecular weight is 453 g/mol. The lowest BCUT2D eigenvalue weighted by Crippen LogP contribution is -2.15. The Morgan fingerprint density at radius 3 is 2.59 bits per heavy atom. The number of hydrogen-bond donors (Lipinski definition) is 0. The van der Waals surface area contributed by atoms with Crippen molar-refractivity contribution < 1.29 is 19.1 Å². The van der Waals surface area contributed by atoms with Crippen LogP contribution in [0.25, 0.3) is 10.9 Å². The standard InChI is InChI=1S/C28H24N2O4/c1-20-8-6-9-21(16-20)18-33-27-13-5-3-11-23(27)28(32)34-19-26(31)24-17-30(15-7-14-29)25-12-4-2-10-22(24)25/h2-6,8-13,16-17H,7,15,18-19H2,1H3. The Labute approximate surface area is 198 Å². The van der Waals surface area contributed by atoms with Crippen LogP contribution in [0.5, 0.6) is 5.75 Å². The Morgan fingerprint density at radius 1 is 0.971 bits per heavy atom.